The molecule has 0 bridgehead atoms. The average molecular weight is 240 g/mol. The molecule has 0 aliphatic carbocycles. The third-order valence-electron chi connectivity index (χ3n) is 1.24. The van der Waals surface area contributed by atoms with Crippen LogP contribution in [0.5, 0.6) is 0 Å². The molecular formula is C9H6BrNO2. The lowest BCUT2D eigenvalue weighted by atomic mass is 10.3. The van der Waals surface area contributed by atoms with E-state index in [-0.39, 0.29) is 12.3 Å². The topological polar surface area (TPSA) is 39.2 Å². The molecule has 3 nitrogen and oxygen atoms in total. The number of nitrogens with zero attached hydrogens (tertiary/aromatic N) is 1. The van der Waals surface area contributed by atoms with Crippen LogP contribution in [0.3, 0.4) is 0 Å². The summed E-state index contributed by atoms with van der Waals surface area (Å²) in [5, 5.41) is 0. The highest BCUT2D eigenvalue weighted by Crippen LogP contribution is 2.13. The standard InChI is InChI=1S/C9H6BrNO2/c1-2-6-13-9(12)8-7(10)4-3-5-11-8/h1,3-5H,6H2. The Balaban J connectivity index is 2.78. The minimum absolute atomic E-state index is 0.0398. The highest BCUT2D eigenvalue weighted by molar-refractivity contribution is 9.10. The lowest BCUT2D eigenvalue weighted by molar-refractivity contribution is 0.0549. The predicted molar refractivity (Wildman–Crippen MR) is 51.1 cm³/mol. The summed E-state index contributed by atoms with van der Waals surface area (Å²) in [5.41, 5.74) is 0.234. The second-order valence-corrected chi connectivity index (χ2v) is 2.97. The smallest absolute Gasteiger partial charge is 0.359 e. The van der Waals surface area contributed by atoms with Gasteiger partial charge >= 0.3 is 5.97 Å². The Bertz CT molecular complexity index is 357. The highest BCUT2D eigenvalue weighted by atomic mass is 79.9. The van der Waals surface area contributed by atoms with Crippen molar-refractivity contribution < 1.29 is 9.53 Å². The molecule has 0 aromatic carbocycles. The largest absolute Gasteiger partial charge is 0.448 e. The molecule has 0 radical (unpaired) electrons. The Hall–Kier alpha value is -1.34. The van der Waals surface area contributed by atoms with E-state index in [1.807, 2.05) is 0 Å². The van der Waals surface area contributed by atoms with Crippen molar-refractivity contribution >= 4 is 21.9 Å². The molecule has 66 valence electrons. The number of aromatic nitrogens is 1. The van der Waals surface area contributed by atoms with Crippen LogP contribution in [-0.2, 0) is 4.74 Å². The van der Waals surface area contributed by atoms with Crippen LogP contribution in [0, 0.1) is 12.3 Å². The number of carbonyl (C=O) groups excluding carboxylic acids is 1. The number of terminal acetylenes is 1. The number of rotatable bonds is 2. The van der Waals surface area contributed by atoms with Crippen molar-refractivity contribution in [2.24, 2.45) is 0 Å². The molecule has 13 heavy (non-hydrogen) atoms. The minimum atomic E-state index is -0.523. The van der Waals surface area contributed by atoms with Crippen LogP contribution in [0.1, 0.15) is 10.5 Å². The predicted octanol–water partition coefficient (Wildman–Crippen LogP) is 1.63. The van der Waals surface area contributed by atoms with Crippen molar-refractivity contribution in [1.82, 2.24) is 4.98 Å². The minimum Gasteiger partial charge on any atom is -0.448 e. The van der Waals surface area contributed by atoms with Gasteiger partial charge in [-0.1, -0.05) is 5.92 Å². The van der Waals surface area contributed by atoms with Crippen LogP contribution >= 0.6 is 15.9 Å². The molecule has 0 aliphatic heterocycles. The first kappa shape index (κ1) is 9.75. The van der Waals surface area contributed by atoms with Gasteiger partial charge in [-0.25, -0.2) is 9.78 Å². The van der Waals surface area contributed by atoms with Crippen molar-refractivity contribution in [2.75, 3.05) is 6.61 Å². The second-order valence-electron chi connectivity index (χ2n) is 2.11. The molecule has 0 unspecified atom stereocenters. The Kier molecular flexibility index (Phi) is 3.47. The Labute approximate surface area is 84.3 Å². The first-order valence-electron chi connectivity index (χ1n) is 3.47. The molecule has 0 saturated carbocycles. The molecule has 1 aromatic rings. The fourth-order valence-electron chi connectivity index (χ4n) is 0.711. The van der Waals surface area contributed by atoms with Crippen LogP contribution < -0.4 is 0 Å². The van der Waals surface area contributed by atoms with Gasteiger partial charge in [0.05, 0.1) is 4.47 Å². The number of halogens is 1. The number of ether oxygens (including phenoxy) is 1. The molecule has 0 saturated heterocycles. The molecular weight excluding hydrogens is 234 g/mol. The van der Waals surface area contributed by atoms with Gasteiger partial charge < -0.3 is 4.74 Å². The van der Waals surface area contributed by atoms with Gasteiger partial charge in [0, 0.05) is 6.20 Å². The summed E-state index contributed by atoms with van der Waals surface area (Å²) in [7, 11) is 0. The van der Waals surface area contributed by atoms with Gasteiger partial charge in [-0.15, -0.1) is 6.42 Å². The third-order valence-corrected chi connectivity index (χ3v) is 1.88. The first-order chi connectivity index (χ1) is 6.25. The second kappa shape index (κ2) is 4.63. The zero-order valence-corrected chi connectivity index (χ0v) is 8.24. The fraction of sp³-hybridized carbons (Fsp3) is 0.111. The van der Waals surface area contributed by atoms with E-state index in [2.05, 4.69) is 26.8 Å². The van der Waals surface area contributed by atoms with Crippen molar-refractivity contribution in [2.45, 2.75) is 0 Å². The monoisotopic (exact) mass is 239 g/mol. The number of esters is 1. The van der Waals surface area contributed by atoms with E-state index in [4.69, 9.17) is 11.2 Å². The molecule has 4 heteroatoms. The van der Waals surface area contributed by atoms with E-state index in [9.17, 15) is 4.79 Å². The SMILES string of the molecule is C#CCOC(=O)c1ncccc1Br. The van der Waals surface area contributed by atoms with Crippen molar-refractivity contribution in [3.8, 4) is 12.3 Å². The summed E-state index contributed by atoms with van der Waals surface area (Å²) in [6.07, 6.45) is 6.44. The van der Waals surface area contributed by atoms with E-state index in [1.165, 1.54) is 6.20 Å². The summed E-state index contributed by atoms with van der Waals surface area (Å²) < 4.78 is 5.28. The molecule has 0 atom stereocenters. The maximum Gasteiger partial charge on any atom is 0.359 e. The average Bonchev–Trinajstić information content (AvgIpc) is 2.15. The van der Waals surface area contributed by atoms with E-state index in [0.29, 0.717) is 4.47 Å². The van der Waals surface area contributed by atoms with Crippen LogP contribution in [0.15, 0.2) is 22.8 Å². The molecule has 0 fully saturated rings. The summed E-state index contributed by atoms with van der Waals surface area (Å²) in [6.45, 7) is -0.0398. The van der Waals surface area contributed by atoms with E-state index < -0.39 is 5.97 Å². The fourth-order valence-corrected chi connectivity index (χ4v) is 1.13. The highest BCUT2D eigenvalue weighted by Gasteiger charge is 2.11. The van der Waals surface area contributed by atoms with Gasteiger partial charge in [-0.2, -0.15) is 0 Å². The quantitative estimate of drug-likeness (QED) is 0.582. The number of hydrogen-bond donors (Lipinski definition) is 0. The van der Waals surface area contributed by atoms with Gasteiger partial charge in [-0.05, 0) is 28.1 Å². The first-order valence-corrected chi connectivity index (χ1v) is 4.26. The Morgan fingerprint density at radius 1 is 1.77 bits per heavy atom. The zero-order chi connectivity index (χ0) is 9.68. The van der Waals surface area contributed by atoms with Gasteiger partial charge in [0.25, 0.3) is 0 Å². The van der Waals surface area contributed by atoms with Gasteiger partial charge in [0.1, 0.15) is 0 Å². The van der Waals surface area contributed by atoms with Crippen LogP contribution in [0.4, 0.5) is 0 Å². The van der Waals surface area contributed by atoms with E-state index >= 15 is 0 Å². The molecule has 1 aromatic heterocycles. The molecule has 1 rings (SSSR count). The summed E-state index contributed by atoms with van der Waals surface area (Å²) >= 11 is 3.17. The lowest BCUT2D eigenvalue weighted by Crippen LogP contribution is -2.08. The molecule has 0 aliphatic rings. The van der Waals surface area contributed by atoms with Gasteiger partial charge in [0.2, 0.25) is 0 Å². The van der Waals surface area contributed by atoms with E-state index in [1.54, 1.807) is 12.1 Å². The number of hydrogen-bond acceptors (Lipinski definition) is 3. The maximum absolute atomic E-state index is 11.2. The van der Waals surface area contributed by atoms with Crippen LogP contribution in [0.2, 0.25) is 0 Å². The van der Waals surface area contributed by atoms with Crippen molar-refractivity contribution in [3.63, 3.8) is 0 Å². The summed E-state index contributed by atoms with van der Waals surface area (Å²) in [4.78, 5) is 15.1. The van der Waals surface area contributed by atoms with Gasteiger partial charge in [-0.3, -0.25) is 0 Å². The van der Waals surface area contributed by atoms with E-state index in [0.717, 1.165) is 0 Å². The normalized spacial score (nSPS) is 8.92. The van der Waals surface area contributed by atoms with Crippen LogP contribution in [0.25, 0.3) is 0 Å². The number of carbonyl (C=O) groups is 1. The van der Waals surface area contributed by atoms with Crippen LogP contribution in [-0.4, -0.2) is 17.6 Å². The van der Waals surface area contributed by atoms with Crippen molar-refractivity contribution in [3.05, 3.63) is 28.5 Å². The lowest BCUT2D eigenvalue weighted by Gasteiger charge is -2.00. The van der Waals surface area contributed by atoms with Gasteiger partial charge in [0.15, 0.2) is 12.3 Å². The Morgan fingerprint density at radius 2 is 2.54 bits per heavy atom. The summed E-state index contributed by atoms with van der Waals surface area (Å²) in [6, 6.07) is 3.42. The number of pyridine rings is 1. The van der Waals surface area contributed by atoms with Crippen molar-refractivity contribution in [1.29, 1.82) is 0 Å². The zero-order valence-electron chi connectivity index (χ0n) is 6.66. The molecule has 0 N–H and O–H groups in total. The molecule has 0 spiro atoms. The molecule has 0 amide bonds. The summed E-state index contributed by atoms with van der Waals surface area (Å²) in [5.74, 6) is 1.68. The Morgan fingerprint density at radius 3 is 3.15 bits per heavy atom. The maximum atomic E-state index is 11.2. The molecule has 1 heterocycles. The third kappa shape index (κ3) is 2.56.